The third kappa shape index (κ3) is 4.45. The molecule has 1 unspecified atom stereocenters. The molecule has 1 saturated heterocycles. The molecule has 2 aromatic carbocycles. The fourth-order valence-electron chi connectivity index (χ4n) is 3.75. The molecule has 0 saturated carbocycles. The summed E-state index contributed by atoms with van der Waals surface area (Å²) in [5, 5.41) is 8.29. The van der Waals surface area contributed by atoms with E-state index in [4.69, 9.17) is 23.2 Å². The van der Waals surface area contributed by atoms with Crippen molar-refractivity contribution in [1.29, 1.82) is 0 Å². The Morgan fingerprint density at radius 3 is 2.77 bits per heavy atom. The Kier molecular flexibility index (Phi) is 6.03. The molecule has 2 amide bonds. The number of aryl methyl sites for hydroxylation is 1. The molecule has 1 fully saturated rings. The van der Waals surface area contributed by atoms with Gasteiger partial charge in [0.2, 0.25) is 11.8 Å². The summed E-state index contributed by atoms with van der Waals surface area (Å²) in [5.74, 6) is -0.135. The zero-order valence-corrected chi connectivity index (χ0v) is 18.7. The van der Waals surface area contributed by atoms with Gasteiger partial charge in [0.15, 0.2) is 0 Å². The minimum Gasteiger partial charge on any atom is -0.311 e. The molecule has 1 aromatic heterocycles. The second-order valence-electron chi connectivity index (χ2n) is 7.72. The number of carbonyl (C=O) groups excluding carboxylic acids is 2. The van der Waals surface area contributed by atoms with Gasteiger partial charge in [0.05, 0.1) is 18.7 Å². The standard InChI is InChI=1S/C23H22Cl2N4O2/c1-14-4-3-5-20(15(14)2)28-12-17(10-22(28)30)23(31)27-21-8-9-26-29(21)13-16-6-7-18(24)11-19(16)25/h3-9,11,17H,10,12-13H2,1-2H3,(H,27,31). The Morgan fingerprint density at radius 2 is 2.00 bits per heavy atom. The Balaban J connectivity index is 1.47. The van der Waals surface area contributed by atoms with E-state index < -0.39 is 5.92 Å². The fourth-order valence-corrected chi connectivity index (χ4v) is 4.22. The van der Waals surface area contributed by atoms with Gasteiger partial charge in [-0.25, -0.2) is 4.68 Å². The minimum atomic E-state index is -0.435. The molecule has 4 rings (SSSR count). The predicted octanol–water partition coefficient (Wildman–Crippen LogP) is 4.85. The van der Waals surface area contributed by atoms with Crippen molar-refractivity contribution in [2.45, 2.75) is 26.8 Å². The first-order valence-electron chi connectivity index (χ1n) is 9.96. The highest BCUT2D eigenvalue weighted by Crippen LogP contribution is 2.30. The lowest BCUT2D eigenvalue weighted by Crippen LogP contribution is -2.29. The lowest BCUT2D eigenvalue weighted by Gasteiger charge is -2.20. The molecule has 0 bridgehead atoms. The Morgan fingerprint density at radius 1 is 1.19 bits per heavy atom. The molecule has 31 heavy (non-hydrogen) atoms. The molecule has 160 valence electrons. The third-order valence-electron chi connectivity index (χ3n) is 5.67. The third-order valence-corrected chi connectivity index (χ3v) is 6.25. The number of hydrogen-bond acceptors (Lipinski definition) is 3. The van der Waals surface area contributed by atoms with Crippen LogP contribution in [0.4, 0.5) is 11.5 Å². The molecule has 0 radical (unpaired) electrons. The molecule has 1 aliphatic rings. The van der Waals surface area contributed by atoms with Crippen LogP contribution in [0.25, 0.3) is 0 Å². The second kappa shape index (κ2) is 8.73. The first-order chi connectivity index (χ1) is 14.8. The van der Waals surface area contributed by atoms with Gasteiger partial charge in [0, 0.05) is 34.8 Å². The van der Waals surface area contributed by atoms with E-state index in [1.165, 1.54) is 0 Å². The van der Waals surface area contributed by atoms with E-state index in [0.717, 1.165) is 22.4 Å². The van der Waals surface area contributed by atoms with Crippen LogP contribution >= 0.6 is 23.2 Å². The van der Waals surface area contributed by atoms with Crippen LogP contribution in [0, 0.1) is 19.8 Å². The van der Waals surface area contributed by atoms with Crippen LogP contribution in [0.5, 0.6) is 0 Å². The van der Waals surface area contributed by atoms with Crippen LogP contribution in [0.3, 0.4) is 0 Å². The molecule has 6 nitrogen and oxygen atoms in total. The number of nitrogens with zero attached hydrogens (tertiary/aromatic N) is 3. The van der Waals surface area contributed by atoms with Gasteiger partial charge in [-0.2, -0.15) is 5.10 Å². The summed E-state index contributed by atoms with van der Waals surface area (Å²) >= 11 is 12.2. The van der Waals surface area contributed by atoms with Crippen LogP contribution in [-0.2, 0) is 16.1 Å². The van der Waals surface area contributed by atoms with Crippen molar-refractivity contribution in [2.75, 3.05) is 16.8 Å². The van der Waals surface area contributed by atoms with Crippen molar-refractivity contribution in [3.05, 3.63) is 75.4 Å². The number of anilines is 2. The average molecular weight is 457 g/mol. The summed E-state index contributed by atoms with van der Waals surface area (Å²) in [6.45, 7) is 4.74. The average Bonchev–Trinajstić information content (AvgIpc) is 3.32. The van der Waals surface area contributed by atoms with E-state index in [1.54, 1.807) is 34.0 Å². The monoisotopic (exact) mass is 456 g/mol. The van der Waals surface area contributed by atoms with Crippen molar-refractivity contribution in [3.8, 4) is 0 Å². The van der Waals surface area contributed by atoms with Gasteiger partial charge < -0.3 is 10.2 Å². The van der Waals surface area contributed by atoms with Crippen LogP contribution in [-0.4, -0.2) is 28.1 Å². The highest BCUT2D eigenvalue weighted by atomic mass is 35.5. The lowest BCUT2D eigenvalue weighted by molar-refractivity contribution is -0.122. The van der Waals surface area contributed by atoms with Crippen LogP contribution in [0.2, 0.25) is 10.0 Å². The van der Waals surface area contributed by atoms with Gasteiger partial charge in [-0.1, -0.05) is 41.4 Å². The Hall–Kier alpha value is -2.83. The SMILES string of the molecule is Cc1cccc(N2CC(C(=O)Nc3ccnn3Cc3ccc(Cl)cc3Cl)CC2=O)c1C. The zero-order valence-electron chi connectivity index (χ0n) is 17.2. The summed E-state index contributed by atoms with van der Waals surface area (Å²) in [6.07, 6.45) is 1.79. The Bertz CT molecular complexity index is 1160. The maximum atomic E-state index is 12.9. The van der Waals surface area contributed by atoms with Gasteiger partial charge in [-0.05, 0) is 48.7 Å². The van der Waals surface area contributed by atoms with Crippen molar-refractivity contribution >= 4 is 46.5 Å². The maximum absolute atomic E-state index is 12.9. The highest BCUT2D eigenvalue weighted by molar-refractivity contribution is 6.35. The van der Waals surface area contributed by atoms with E-state index in [0.29, 0.717) is 29.0 Å². The molecule has 0 spiro atoms. The van der Waals surface area contributed by atoms with Gasteiger partial charge in [-0.3, -0.25) is 9.59 Å². The topological polar surface area (TPSA) is 67.2 Å². The number of amides is 2. The van der Waals surface area contributed by atoms with Crippen LogP contribution in [0.15, 0.2) is 48.7 Å². The lowest BCUT2D eigenvalue weighted by atomic mass is 10.1. The van der Waals surface area contributed by atoms with E-state index in [9.17, 15) is 9.59 Å². The van der Waals surface area contributed by atoms with Crippen LogP contribution < -0.4 is 10.2 Å². The molecule has 3 aromatic rings. The summed E-state index contributed by atoms with van der Waals surface area (Å²) < 4.78 is 1.66. The minimum absolute atomic E-state index is 0.0460. The van der Waals surface area contributed by atoms with Crippen LogP contribution in [0.1, 0.15) is 23.1 Å². The summed E-state index contributed by atoms with van der Waals surface area (Å²) in [7, 11) is 0. The van der Waals surface area contributed by atoms with E-state index >= 15 is 0 Å². The van der Waals surface area contributed by atoms with E-state index in [-0.39, 0.29) is 18.2 Å². The van der Waals surface area contributed by atoms with Crippen molar-refractivity contribution in [3.63, 3.8) is 0 Å². The molecule has 1 N–H and O–H groups in total. The molecular weight excluding hydrogens is 435 g/mol. The van der Waals surface area contributed by atoms with E-state index in [2.05, 4.69) is 10.4 Å². The largest absolute Gasteiger partial charge is 0.311 e. The van der Waals surface area contributed by atoms with Gasteiger partial charge >= 0.3 is 0 Å². The van der Waals surface area contributed by atoms with Crippen molar-refractivity contribution in [2.24, 2.45) is 5.92 Å². The number of carbonyl (C=O) groups is 2. The predicted molar refractivity (Wildman–Crippen MR) is 123 cm³/mol. The van der Waals surface area contributed by atoms with Gasteiger partial charge in [-0.15, -0.1) is 0 Å². The zero-order chi connectivity index (χ0) is 22.1. The second-order valence-corrected chi connectivity index (χ2v) is 8.57. The number of benzene rings is 2. The van der Waals surface area contributed by atoms with E-state index in [1.807, 2.05) is 38.1 Å². The highest BCUT2D eigenvalue weighted by Gasteiger charge is 2.36. The number of aromatic nitrogens is 2. The number of nitrogens with one attached hydrogen (secondary N) is 1. The van der Waals surface area contributed by atoms with Crippen molar-refractivity contribution in [1.82, 2.24) is 9.78 Å². The number of hydrogen-bond donors (Lipinski definition) is 1. The molecular formula is C23H22Cl2N4O2. The maximum Gasteiger partial charge on any atom is 0.230 e. The smallest absolute Gasteiger partial charge is 0.230 e. The first kappa shape index (κ1) is 21.4. The summed E-state index contributed by atoms with van der Waals surface area (Å²) in [6, 6.07) is 12.8. The first-order valence-corrected chi connectivity index (χ1v) is 10.7. The van der Waals surface area contributed by atoms with Gasteiger partial charge in [0.1, 0.15) is 5.82 Å². The molecule has 1 atom stereocenters. The Labute approximate surface area is 190 Å². The quantitative estimate of drug-likeness (QED) is 0.596. The molecule has 1 aliphatic heterocycles. The normalized spacial score (nSPS) is 16.1. The number of halogens is 2. The summed E-state index contributed by atoms with van der Waals surface area (Å²) in [4.78, 5) is 27.3. The molecule has 0 aliphatic carbocycles. The summed E-state index contributed by atoms with van der Waals surface area (Å²) in [5.41, 5.74) is 3.86. The molecule has 8 heteroatoms. The van der Waals surface area contributed by atoms with Crippen molar-refractivity contribution < 1.29 is 9.59 Å². The molecule has 2 heterocycles. The van der Waals surface area contributed by atoms with Gasteiger partial charge in [0.25, 0.3) is 0 Å². The fraction of sp³-hybridized carbons (Fsp3) is 0.261. The number of rotatable bonds is 5.